The van der Waals surface area contributed by atoms with Crippen molar-refractivity contribution in [2.45, 2.75) is 19.0 Å². The second-order valence-electron chi connectivity index (χ2n) is 6.26. The molecule has 3 aromatic rings. The predicted octanol–water partition coefficient (Wildman–Crippen LogP) is 2.75. The van der Waals surface area contributed by atoms with E-state index in [0.29, 0.717) is 27.8 Å². The Morgan fingerprint density at radius 3 is 2.57 bits per heavy atom. The lowest BCUT2D eigenvalue weighted by Gasteiger charge is -2.11. The van der Waals surface area contributed by atoms with Crippen LogP contribution in [0.1, 0.15) is 17.4 Å². The summed E-state index contributed by atoms with van der Waals surface area (Å²) in [4.78, 5) is 11.6. The van der Waals surface area contributed by atoms with Crippen molar-refractivity contribution in [3.05, 3.63) is 66.4 Å². The molecule has 1 amide bonds. The Labute approximate surface area is 169 Å². The highest BCUT2D eigenvalue weighted by Gasteiger charge is 2.31. The first-order valence-electron chi connectivity index (χ1n) is 8.79. The Morgan fingerprint density at radius 1 is 1.27 bits per heavy atom. The SMILES string of the molecule is C=CC(=O)NCc1nn(-c2ccc(OC(F)(F)F)cc2)c2cccc(C(O)CO)c12. The van der Waals surface area contributed by atoms with Crippen LogP contribution >= 0.6 is 0 Å². The molecule has 3 N–H and O–H groups in total. The van der Waals surface area contributed by atoms with Gasteiger partial charge in [0, 0.05) is 5.39 Å². The molecule has 1 atom stereocenters. The van der Waals surface area contributed by atoms with Gasteiger partial charge in [0.05, 0.1) is 30.0 Å². The molecule has 0 aliphatic heterocycles. The van der Waals surface area contributed by atoms with Crippen molar-refractivity contribution in [1.29, 1.82) is 0 Å². The fourth-order valence-corrected chi connectivity index (χ4v) is 3.00. The molecule has 3 rings (SSSR count). The van der Waals surface area contributed by atoms with Gasteiger partial charge in [0.25, 0.3) is 0 Å². The number of hydrogen-bond donors (Lipinski definition) is 3. The molecule has 158 valence electrons. The molecule has 7 nitrogen and oxygen atoms in total. The minimum atomic E-state index is -4.80. The van der Waals surface area contributed by atoms with Gasteiger partial charge in [-0.05, 0) is 42.0 Å². The molecule has 1 aromatic heterocycles. The first-order chi connectivity index (χ1) is 14.2. The van der Waals surface area contributed by atoms with Gasteiger partial charge in [-0.2, -0.15) is 5.10 Å². The maximum atomic E-state index is 12.4. The average molecular weight is 421 g/mol. The number of benzene rings is 2. The number of nitrogens with one attached hydrogen (secondary N) is 1. The zero-order valence-corrected chi connectivity index (χ0v) is 15.6. The summed E-state index contributed by atoms with van der Waals surface area (Å²) in [6.07, 6.45) is -4.88. The van der Waals surface area contributed by atoms with Crippen molar-refractivity contribution in [1.82, 2.24) is 15.1 Å². The summed E-state index contributed by atoms with van der Waals surface area (Å²) >= 11 is 0. The van der Waals surface area contributed by atoms with E-state index < -0.39 is 25.0 Å². The van der Waals surface area contributed by atoms with Crippen LogP contribution in [0.15, 0.2) is 55.1 Å². The summed E-state index contributed by atoms with van der Waals surface area (Å²) in [7, 11) is 0. The number of aliphatic hydroxyl groups excluding tert-OH is 2. The number of carbonyl (C=O) groups is 1. The van der Waals surface area contributed by atoms with Gasteiger partial charge in [-0.1, -0.05) is 18.7 Å². The van der Waals surface area contributed by atoms with E-state index in [1.165, 1.54) is 16.8 Å². The smallest absolute Gasteiger partial charge is 0.406 e. The average Bonchev–Trinajstić information content (AvgIpc) is 3.09. The largest absolute Gasteiger partial charge is 0.573 e. The number of amides is 1. The number of rotatable bonds is 7. The quantitative estimate of drug-likeness (QED) is 0.510. The minimum Gasteiger partial charge on any atom is -0.406 e. The molecule has 30 heavy (non-hydrogen) atoms. The lowest BCUT2D eigenvalue weighted by molar-refractivity contribution is -0.274. The highest BCUT2D eigenvalue weighted by Crippen LogP contribution is 2.30. The molecule has 0 spiro atoms. The van der Waals surface area contributed by atoms with Gasteiger partial charge in [0.2, 0.25) is 5.91 Å². The van der Waals surface area contributed by atoms with Gasteiger partial charge < -0.3 is 20.3 Å². The standard InChI is InChI=1S/C20H18F3N3O4/c1-2-18(29)24-10-15-19-14(17(28)11-27)4-3-5-16(19)26(25-15)12-6-8-13(9-7-12)30-20(21,22)23/h2-9,17,27-28H,1,10-11H2,(H,24,29). The third kappa shape index (κ3) is 4.61. The van der Waals surface area contributed by atoms with Gasteiger partial charge >= 0.3 is 6.36 Å². The first-order valence-corrected chi connectivity index (χ1v) is 8.79. The Hall–Kier alpha value is -3.37. The van der Waals surface area contributed by atoms with Crippen molar-refractivity contribution >= 4 is 16.8 Å². The van der Waals surface area contributed by atoms with E-state index in [0.717, 1.165) is 18.2 Å². The van der Waals surface area contributed by atoms with Crippen LogP contribution in [0.25, 0.3) is 16.6 Å². The molecular weight excluding hydrogens is 403 g/mol. The summed E-state index contributed by atoms with van der Waals surface area (Å²) < 4.78 is 42.5. The number of ether oxygens (including phenoxy) is 1. The maximum Gasteiger partial charge on any atom is 0.573 e. The van der Waals surface area contributed by atoms with Crippen molar-refractivity contribution in [3.63, 3.8) is 0 Å². The fraction of sp³-hybridized carbons (Fsp3) is 0.200. The fourth-order valence-electron chi connectivity index (χ4n) is 3.00. The summed E-state index contributed by atoms with van der Waals surface area (Å²) in [6, 6.07) is 10.1. The molecule has 0 bridgehead atoms. The molecule has 0 radical (unpaired) electrons. The van der Waals surface area contributed by atoms with Crippen LogP contribution in [0.2, 0.25) is 0 Å². The zero-order chi connectivity index (χ0) is 21.9. The minimum absolute atomic E-state index is 0.0127. The first kappa shape index (κ1) is 21.3. The number of aromatic nitrogens is 2. The van der Waals surface area contributed by atoms with Gasteiger partial charge in [-0.3, -0.25) is 4.79 Å². The lowest BCUT2D eigenvalue weighted by atomic mass is 10.0. The highest BCUT2D eigenvalue weighted by molar-refractivity contribution is 5.89. The summed E-state index contributed by atoms with van der Waals surface area (Å²) in [5.74, 6) is -0.802. The molecule has 10 heteroatoms. The number of aliphatic hydroxyl groups is 2. The highest BCUT2D eigenvalue weighted by atomic mass is 19.4. The van der Waals surface area contributed by atoms with Crippen LogP contribution in [-0.4, -0.2) is 38.9 Å². The zero-order valence-electron chi connectivity index (χ0n) is 15.6. The number of alkyl halides is 3. The molecule has 2 aromatic carbocycles. The second-order valence-corrected chi connectivity index (χ2v) is 6.26. The van der Waals surface area contributed by atoms with Gasteiger partial charge in [0.15, 0.2) is 0 Å². The summed E-state index contributed by atoms with van der Waals surface area (Å²) in [6.45, 7) is 2.87. The van der Waals surface area contributed by atoms with E-state index in [1.54, 1.807) is 18.2 Å². The van der Waals surface area contributed by atoms with E-state index in [1.807, 2.05) is 0 Å². The van der Waals surface area contributed by atoms with Crippen molar-refractivity contribution in [2.75, 3.05) is 6.61 Å². The molecule has 0 aliphatic rings. The van der Waals surface area contributed by atoms with Crippen LogP contribution in [0.4, 0.5) is 13.2 Å². The van der Waals surface area contributed by atoms with Crippen molar-refractivity contribution in [2.24, 2.45) is 0 Å². The van der Waals surface area contributed by atoms with E-state index in [9.17, 15) is 28.2 Å². The number of fused-ring (bicyclic) bond motifs is 1. The van der Waals surface area contributed by atoms with Gasteiger partial charge in [-0.15, -0.1) is 13.2 Å². The van der Waals surface area contributed by atoms with E-state index in [4.69, 9.17) is 0 Å². The van der Waals surface area contributed by atoms with Gasteiger partial charge in [-0.25, -0.2) is 4.68 Å². The van der Waals surface area contributed by atoms with E-state index >= 15 is 0 Å². The monoisotopic (exact) mass is 421 g/mol. The maximum absolute atomic E-state index is 12.4. The normalized spacial score (nSPS) is 12.6. The summed E-state index contributed by atoms with van der Waals surface area (Å²) in [5.41, 5.74) is 1.78. The van der Waals surface area contributed by atoms with Gasteiger partial charge in [0.1, 0.15) is 11.9 Å². The molecule has 0 saturated heterocycles. The topological polar surface area (TPSA) is 96.6 Å². The molecule has 0 saturated carbocycles. The molecular formula is C20H18F3N3O4. The number of hydrogen-bond acceptors (Lipinski definition) is 5. The molecule has 1 heterocycles. The molecule has 1 unspecified atom stereocenters. The Balaban J connectivity index is 2.08. The van der Waals surface area contributed by atoms with E-state index in [-0.39, 0.29) is 12.3 Å². The Kier molecular flexibility index (Phi) is 6.09. The second kappa shape index (κ2) is 8.56. The Morgan fingerprint density at radius 2 is 1.97 bits per heavy atom. The van der Waals surface area contributed by atoms with Crippen molar-refractivity contribution < 1.29 is 32.9 Å². The number of halogens is 3. The van der Waals surface area contributed by atoms with Crippen molar-refractivity contribution in [3.8, 4) is 11.4 Å². The van der Waals surface area contributed by atoms with E-state index in [2.05, 4.69) is 21.7 Å². The van der Waals surface area contributed by atoms with Crippen LogP contribution < -0.4 is 10.1 Å². The number of nitrogens with zero attached hydrogens (tertiary/aromatic N) is 2. The predicted molar refractivity (Wildman–Crippen MR) is 102 cm³/mol. The third-order valence-corrected chi connectivity index (χ3v) is 4.27. The Bertz CT molecular complexity index is 1060. The molecule has 0 fully saturated rings. The van der Waals surface area contributed by atoms with Crippen LogP contribution in [-0.2, 0) is 11.3 Å². The molecule has 0 aliphatic carbocycles. The van der Waals surface area contributed by atoms with Crippen LogP contribution in [0.3, 0.4) is 0 Å². The third-order valence-electron chi connectivity index (χ3n) is 4.27. The lowest BCUT2D eigenvalue weighted by Crippen LogP contribution is -2.20. The van der Waals surface area contributed by atoms with Crippen LogP contribution in [0, 0.1) is 0 Å². The van der Waals surface area contributed by atoms with Crippen LogP contribution in [0.5, 0.6) is 5.75 Å². The summed E-state index contributed by atoms with van der Waals surface area (Å²) in [5, 5.41) is 27.1. The number of carbonyl (C=O) groups excluding carboxylic acids is 1.